The van der Waals surface area contributed by atoms with Gasteiger partial charge in [0.25, 0.3) is 0 Å². The summed E-state index contributed by atoms with van der Waals surface area (Å²) in [7, 11) is -3.64. The zero-order chi connectivity index (χ0) is 17.2. The Bertz CT molecular complexity index is 796. The van der Waals surface area contributed by atoms with E-state index in [-0.39, 0.29) is 16.9 Å². The largest absolute Gasteiger partial charge is 0.481 e. The Labute approximate surface area is 138 Å². The lowest BCUT2D eigenvalue weighted by Gasteiger charge is -2.26. The monoisotopic (exact) mass is 351 g/mol. The average molecular weight is 351 g/mol. The van der Waals surface area contributed by atoms with Gasteiger partial charge < -0.3 is 5.11 Å². The lowest BCUT2D eigenvalue weighted by Crippen LogP contribution is -2.38. The minimum absolute atomic E-state index is 0.152. The molecule has 1 saturated carbocycles. The third-order valence-corrected chi connectivity index (χ3v) is 5.70. The van der Waals surface area contributed by atoms with Crippen LogP contribution in [-0.2, 0) is 14.8 Å². The maximum Gasteiger partial charge on any atom is 0.306 e. The van der Waals surface area contributed by atoms with Gasteiger partial charge in [0, 0.05) is 6.04 Å². The molecule has 1 heterocycles. The van der Waals surface area contributed by atoms with E-state index in [1.807, 2.05) is 0 Å². The second-order valence-corrected chi connectivity index (χ2v) is 7.47. The van der Waals surface area contributed by atoms with Gasteiger partial charge in [0.1, 0.15) is 6.33 Å². The van der Waals surface area contributed by atoms with Gasteiger partial charge in [0.05, 0.1) is 16.5 Å². The van der Waals surface area contributed by atoms with Crippen LogP contribution in [0.15, 0.2) is 35.5 Å². The van der Waals surface area contributed by atoms with Crippen LogP contribution in [0.25, 0.3) is 5.69 Å². The van der Waals surface area contributed by atoms with Gasteiger partial charge in [-0.05, 0) is 60.4 Å². The molecule has 0 aliphatic heterocycles. The minimum Gasteiger partial charge on any atom is -0.481 e. The second-order valence-electron chi connectivity index (χ2n) is 5.76. The first-order valence-electron chi connectivity index (χ1n) is 7.54. The second kappa shape index (κ2) is 6.65. The summed E-state index contributed by atoms with van der Waals surface area (Å²) in [5.74, 6) is -1.18. The van der Waals surface area contributed by atoms with Gasteiger partial charge in [-0.1, -0.05) is 0 Å². The van der Waals surface area contributed by atoms with E-state index in [0.29, 0.717) is 31.4 Å². The minimum atomic E-state index is -3.64. The molecule has 0 atom stereocenters. The third kappa shape index (κ3) is 3.60. The highest BCUT2D eigenvalue weighted by molar-refractivity contribution is 7.89. The van der Waals surface area contributed by atoms with Crippen LogP contribution < -0.4 is 4.72 Å². The highest BCUT2D eigenvalue weighted by atomic mass is 32.2. The predicted octanol–water partition coefficient (Wildman–Crippen LogP) is 0.584. The zero-order valence-electron chi connectivity index (χ0n) is 12.7. The summed E-state index contributed by atoms with van der Waals surface area (Å²) in [6.45, 7) is 0. The van der Waals surface area contributed by atoms with Crippen molar-refractivity contribution in [2.24, 2.45) is 5.92 Å². The summed E-state index contributed by atoms with van der Waals surface area (Å²) in [5, 5.41) is 19.8. The maximum atomic E-state index is 12.4. The molecule has 1 fully saturated rings. The fourth-order valence-corrected chi connectivity index (χ4v) is 4.11. The normalized spacial score (nSPS) is 21.5. The van der Waals surface area contributed by atoms with Gasteiger partial charge in [-0.3, -0.25) is 4.79 Å². The summed E-state index contributed by atoms with van der Waals surface area (Å²) in [4.78, 5) is 11.1. The number of carbonyl (C=O) groups is 1. The van der Waals surface area contributed by atoms with Crippen molar-refractivity contribution in [2.75, 3.05) is 0 Å². The molecule has 1 aliphatic carbocycles. The van der Waals surface area contributed by atoms with Crippen LogP contribution in [0.1, 0.15) is 25.7 Å². The van der Waals surface area contributed by atoms with E-state index in [1.165, 1.54) is 23.1 Å². The van der Waals surface area contributed by atoms with Crippen LogP contribution in [0, 0.1) is 5.92 Å². The van der Waals surface area contributed by atoms with Crippen LogP contribution in [0.2, 0.25) is 0 Å². The molecule has 128 valence electrons. The summed E-state index contributed by atoms with van der Waals surface area (Å²) >= 11 is 0. The third-order valence-electron chi connectivity index (χ3n) is 4.16. The molecule has 0 spiro atoms. The SMILES string of the molecule is O=C(O)C1CCC(NS(=O)(=O)c2ccc(-n3cnnn3)cc2)CC1. The Morgan fingerprint density at radius 2 is 1.83 bits per heavy atom. The van der Waals surface area contributed by atoms with Gasteiger partial charge in [-0.25, -0.2) is 17.8 Å². The van der Waals surface area contributed by atoms with Crippen molar-refractivity contribution in [3.63, 3.8) is 0 Å². The molecule has 0 bridgehead atoms. The molecule has 1 aromatic carbocycles. The number of benzene rings is 1. The fraction of sp³-hybridized carbons (Fsp3) is 0.429. The van der Waals surface area contributed by atoms with Gasteiger partial charge in [0.2, 0.25) is 10.0 Å². The number of hydrogen-bond donors (Lipinski definition) is 2. The Kier molecular flexibility index (Phi) is 4.58. The Morgan fingerprint density at radius 1 is 1.17 bits per heavy atom. The molecule has 10 heteroatoms. The molecule has 24 heavy (non-hydrogen) atoms. The number of rotatable bonds is 5. The molecule has 2 N–H and O–H groups in total. The number of nitrogens with one attached hydrogen (secondary N) is 1. The lowest BCUT2D eigenvalue weighted by molar-refractivity contribution is -0.142. The van der Waals surface area contributed by atoms with Crippen LogP contribution >= 0.6 is 0 Å². The number of nitrogens with zero attached hydrogens (tertiary/aromatic N) is 4. The van der Waals surface area contributed by atoms with E-state index in [9.17, 15) is 13.2 Å². The van der Waals surface area contributed by atoms with E-state index >= 15 is 0 Å². The smallest absolute Gasteiger partial charge is 0.306 e. The highest BCUT2D eigenvalue weighted by Gasteiger charge is 2.28. The summed E-state index contributed by atoms with van der Waals surface area (Å²) in [6, 6.07) is 5.98. The van der Waals surface area contributed by atoms with Gasteiger partial charge in [0.15, 0.2) is 0 Å². The quantitative estimate of drug-likeness (QED) is 0.806. The molecule has 3 rings (SSSR count). The van der Waals surface area contributed by atoms with Crippen molar-refractivity contribution in [2.45, 2.75) is 36.6 Å². The molecule has 9 nitrogen and oxygen atoms in total. The molecule has 2 aromatic rings. The fourth-order valence-electron chi connectivity index (χ4n) is 2.80. The number of tetrazole rings is 1. The number of carboxylic acids is 1. The molecule has 1 aromatic heterocycles. The molecule has 1 aliphatic rings. The number of carboxylic acid groups (broad SMARTS) is 1. The Hall–Kier alpha value is -2.33. The van der Waals surface area contributed by atoms with Crippen molar-refractivity contribution < 1.29 is 18.3 Å². The van der Waals surface area contributed by atoms with Crippen molar-refractivity contribution in [1.82, 2.24) is 24.9 Å². The summed E-state index contributed by atoms with van der Waals surface area (Å²) in [5.41, 5.74) is 0.654. The number of aromatic nitrogens is 4. The highest BCUT2D eigenvalue weighted by Crippen LogP contribution is 2.25. The number of sulfonamides is 1. The first-order valence-corrected chi connectivity index (χ1v) is 9.02. The number of hydrogen-bond acceptors (Lipinski definition) is 6. The molecular weight excluding hydrogens is 334 g/mol. The van der Waals surface area contributed by atoms with Crippen LogP contribution in [-0.4, -0.2) is 45.7 Å². The van der Waals surface area contributed by atoms with Gasteiger partial charge in [-0.2, -0.15) is 0 Å². The van der Waals surface area contributed by atoms with E-state index in [4.69, 9.17) is 5.11 Å². The van der Waals surface area contributed by atoms with Crippen molar-refractivity contribution in [3.05, 3.63) is 30.6 Å². The van der Waals surface area contributed by atoms with Crippen molar-refractivity contribution in [3.8, 4) is 5.69 Å². The summed E-state index contributed by atoms with van der Waals surface area (Å²) < 4.78 is 29.0. The molecule has 0 amide bonds. The maximum absolute atomic E-state index is 12.4. The van der Waals surface area contributed by atoms with E-state index < -0.39 is 16.0 Å². The predicted molar refractivity (Wildman–Crippen MR) is 82.9 cm³/mol. The van der Waals surface area contributed by atoms with Crippen molar-refractivity contribution in [1.29, 1.82) is 0 Å². The topological polar surface area (TPSA) is 127 Å². The first kappa shape index (κ1) is 16.5. The Morgan fingerprint density at radius 3 is 2.38 bits per heavy atom. The molecular formula is C14H17N5O4S. The van der Waals surface area contributed by atoms with E-state index in [2.05, 4.69) is 20.2 Å². The molecule has 0 saturated heterocycles. The van der Waals surface area contributed by atoms with E-state index in [1.54, 1.807) is 12.1 Å². The lowest BCUT2D eigenvalue weighted by atomic mass is 9.87. The Balaban J connectivity index is 1.66. The summed E-state index contributed by atoms with van der Waals surface area (Å²) in [6.07, 6.45) is 3.45. The van der Waals surface area contributed by atoms with Crippen molar-refractivity contribution >= 4 is 16.0 Å². The van der Waals surface area contributed by atoms with Crippen LogP contribution in [0.5, 0.6) is 0 Å². The average Bonchev–Trinajstić information content (AvgIpc) is 3.09. The van der Waals surface area contributed by atoms with E-state index in [0.717, 1.165) is 0 Å². The standard InChI is InChI=1S/C14H17N5O4S/c20-14(21)10-1-3-11(4-2-10)16-24(22,23)13-7-5-12(6-8-13)19-9-15-17-18-19/h5-11,16H,1-4H2,(H,20,21). The molecule has 0 radical (unpaired) electrons. The van der Waals surface area contributed by atoms with Gasteiger partial charge in [-0.15, -0.1) is 5.10 Å². The number of aliphatic carboxylic acids is 1. The van der Waals surface area contributed by atoms with Crippen LogP contribution in [0.3, 0.4) is 0 Å². The molecule has 0 unspecified atom stereocenters. The van der Waals surface area contributed by atoms with Crippen LogP contribution in [0.4, 0.5) is 0 Å². The van der Waals surface area contributed by atoms with Gasteiger partial charge >= 0.3 is 5.97 Å². The zero-order valence-corrected chi connectivity index (χ0v) is 13.6. The first-order chi connectivity index (χ1) is 11.5.